The fraction of sp³-hybridized carbons (Fsp3) is 0.421. The number of nitrogens with zero attached hydrogens (tertiary/aromatic N) is 4. The summed E-state index contributed by atoms with van der Waals surface area (Å²) in [6.45, 7) is 3.47. The molecule has 1 aromatic heterocycles. The minimum atomic E-state index is -0.463. The number of carbonyl (C=O) groups excluding carboxylic acids is 1. The second kappa shape index (κ2) is 8.30. The number of benzene rings is 1. The molecule has 1 saturated heterocycles. The van der Waals surface area contributed by atoms with Crippen molar-refractivity contribution in [3.8, 4) is 5.75 Å². The van der Waals surface area contributed by atoms with E-state index in [2.05, 4.69) is 14.9 Å². The van der Waals surface area contributed by atoms with Gasteiger partial charge in [-0.2, -0.15) is 0 Å². The first-order valence-electron chi connectivity index (χ1n) is 8.86. The summed E-state index contributed by atoms with van der Waals surface area (Å²) < 4.78 is 19.1. The highest BCUT2D eigenvalue weighted by Crippen LogP contribution is 2.20. The highest BCUT2D eigenvalue weighted by molar-refractivity contribution is 5.78. The van der Waals surface area contributed by atoms with Crippen molar-refractivity contribution >= 4 is 11.7 Å². The maximum Gasteiger partial charge on any atom is 0.260 e. The van der Waals surface area contributed by atoms with E-state index in [-0.39, 0.29) is 24.3 Å². The van der Waals surface area contributed by atoms with E-state index in [1.807, 2.05) is 14.0 Å². The number of nitrogen functional groups attached to an aromatic ring is 1. The van der Waals surface area contributed by atoms with E-state index >= 15 is 0 Å². The summed E-state index contributed by atoms with van der Waals surface area (Å²) in [7, 11) is 1.98. The first kappa shape index (κ1) is 19.0. The summed E-state index contributed by atoms with van der Waals surface area (Å²) in [6.07, 6.45) is 2.49. The lowest BCUT2D eigenvalue weighted by Crippen LogP contribution is -2.38. The van der Waals surface area contributed by atoms with Gasteiger partial charge in [-0.1, -0.05) is 6.07 Å². The van der Waals surface area contributed by atoms with Crippen LogP contribution in [0.15, 0.2) is 30.5 Å². The number of amides is 1. The molecule has 0 aliphatic carbocycles. The van der Waals surface area contributed by atoms with Gasteiger partial charge in [-0.05, 0) is 44.2 Å². The van der Waals surface area contributed by atoms with E-state index < -0.39 is 5.82 Å². The Balaban J connectivity index is 1.51. The summed E-state index contributed by atoms with van der Waals surface area (Å²) in [5.41, 5.74) is 6.57. The number of aromatic nitrogens is 2. The summed E-state index contributed by atoms with van der Waals surface area (Å²) in [4.78, 5) is 24.7. The number of nitrogens with two attached hydrogens (primary N) is 1. The monoisotopic (exact) mass is 373 g/mol. The molecular formula is C19H24FN5O2. The average Bonchev–Trinajstić information content (AvgIpc) is 3.12. The van der Waals surface area contributed by atoms with Crippen LogP contribution in [0.5, 0.6) is 5.75 Å². The van der Waals surface area contributed by atoms with E-state index in [1.54, 1.807) is 29.3 Å². The molecular weight excluding hydrogens is 349 g/mol. The molecule has 7 nitrogen and oxygen atoms in total. The fourth-order valence-corrected chi connectivity index (χ4v) is 3.12. The van der Waals surface area contributed by atoms with Crippen molar-refractivity contribution in [1.29, 1.82) is 0 Å². The molecule has 0 bridgehead atoms. The minimum Gasteiger partial charge on any atom is -0.481 e. The fourth-order valence-electron chi connectivity index (χ4n) is 3.12. The van der Waals surface area contributed by atoms with E-state index in [4.69, 9.17) is 10.5 Å². The highest BCUT2D eigenvalue weighted by atomic mass is 19.1. The maximum absolute atomic E-state index is 13.7. The first-order chi connectivity index (χ1) is 12.9. The normalized spacial score (nSPS) is 16.7. The lowest BCUT2D eigenvalue weighted by atomic mass is 10.2. The number of carbonyl (C=O) groups is 1. The third kappa shape index (κ3) is 4.91. The van der Waals surface area contributed by atoms with Gasteiger partial charge in [0.25, 0.3) is 5.91 Å². The zero-order chi connectivity index (χ0) is 19.4. The summed E-state index contributed by atoms with van der Waals surface area (Å²) in [5.74, 6) is 0.592. The molecule has 1 aromatic carbocycles. The average molecular weight is 373 g/mol. The Bertz CT molecular complexity index is 816. The van der Waals surface area contributed by atoms with Crippen LogP contribution in [0.2, 0.25) is 0 Å². The van der Waals surface area contributed by atoms with Gasteiger partial charge in [0.05, 0.1) is 6.54 Å². The van der Waals surface area contributed by atoms with Gasteiger partial charge in [-0.3, -0.25) is 9.69 Å². The van der Waals surface area contributed by atoms with Crippen LogP contribution in [0, 0.1) is 12.7 Å². The van der Waals surface area contributed by atoms with Gasteiger partial charge in [0.1, 0.15) is 11.6 Å². The van der Waals surface area contributed by atoms with Crippen molar-refractivity contribution in [3.05, 3.63) is 47.7 Å². The van der Waals surface area contributed by atoms with Crippen LogP contribution in [0.4, 0.5) is 10.2 Å². The molecule has 8 heteroatoms. The molecule has 0 saturated carbocycles. The van der Waals surface area contributed by atoms with Gasteiger partial charge < -0.3 is 15.4 Å². The number of anilines is 1. The quantitative estimate of drug-likeness (QED) is 0.828. The Morgan fingerprint density at radius 3 is 3.04 bits per heavy atom. The Morgan fingerprint density at radius 2 is 2.26 bits per heavy atom. The molecule has 1 aliphatic heterocycles. The van der Waals surface area contributed by atoms with Crippen LogP contribution in [0.1, 0.15) is 17.8 Å². The molecule has 3 rings (SSSR count). The van der Waals surface area contributed by atoms with Crippen molar-refractivity contribution in [2.45, 2.75) is 25.9 Å². The minimum absolute atomic E-state index is 0.107. The van der Waals surface area contributed by atoms with Gasteiger partial charge in [0.2, 0.25) is 0 Å². The number of likely N-dealkylation sites (tertiary alicyclic amines) is 1. The number of hydrogen-bond acceptors (Lipinski definition) is 6. The van der Waals surface area contributed by atoms with Crippen molar-refractivity contribution < 1.29 is 13.9 Å². The van der Waals surface area contributed by atoms with Gasteiger partial charge in [0, 0.05) is 25.3 Å². The molecule has 0 spiro atoms. The van der Waals surface area contributed by atoms with E-state index in [1.165, 1.54) is 6.07 Å². The third-order valence-electron chi connectivity index (χ3n) is 4.70. The Labute approximate surface area is 158 Å². The number of hydrogen-bond donors (Lipinski definition) is 1. The lowest BCUT2D eigenvalue weighted by molar-refractivity contribution is -0.132. The van der Waals surface area contributed by atoms with Gasteiger partial charge in [0.15, 0.2) is 18.2 Å². The maximum atomic E-state index is 13.7. The zero-order valence-electron chi connectivity index (χ0n) is 15.6. The van der Waals surface area contributed by atoms with E-state index in [9.17, 15) is 9.18 Å². The van der Waals surface area contributed by atoms with Gasteiger partial charge in [-0.15, -0.1) is 0 Å². The van der Waals surface area contributed by atoms with Crippen molar-refractivity contribution in [2.24, 2.45) is 0 Å². The lowest BCUT2D eigenvalue weighted by Gasteiger charge is -2.24. The largest absolute Gasteiger partial charge is 0.481 e. The SMILES string of the molecule is Cc1ccc(F)c(OCC(=O)N2CCC(N(C)Cc3nccc(N)n3)C2)c1. The van der Waals surface area contributed by atoms with Crippen molar-refractivity contribution in [3.63, 3.8) is 0 Å². The molecule has 1 unspecified atom stereocenters. The smallest absolute Gasteiger partial charge is 0.260 e. The summed E-state index contributed by atoms with van der Waals surface area (Å²) in [6, 6.07) is 6.45. The number of aryl methyl sites for hydroxylation is 1. The van der Waals surface area contributed by atoms with Crippen LogP contribution >= 0.6 is 0 Å². The van der Waals surface area contributed by atoms with Crippen LogP contribution < -0.4 is 10.5 Å². The van der Waals surface area contributed by atoms with E-state index in [0.29, 0.717) is 31.3 Å². The Morgan fingerprint density at radius 1 is 1.44 bits per heavy atom. The molecule has 2 heterocycles. The number of likely N-dealkylation sites (N-methyl/N-ethyl adjacent to an activating group) is 1. The molecule has 1 amide bonds. The Hall–Kier alpha value is -2.74. The molecule has 0 radical (unpaired) electrons. The third-order valence-corrected chi connectivity index (χ3v) is 4.70. The zero-order valence-corrected chi connectivity index (χ0v) is 15.6. The van der Waals surface area contributed by atoms with E-state index in [0.717, 1.165) is 12.0 Å². The summed E-state index contributed by atoms with van der Waals surface area (Å²) in [5, 5.41) is 0. The van der Waals surface area contributed by atoms with Crippen molar-refractivity contribution in [1.82, 2.24) is 19.8 Å². The highest BCUT2D eigenvalue weighted by Gasteiger charge is 2.29. The molecule has 144 valence electrons. The topological polar surface area (TPSA) is 84.6 Å². The second-order valence-corrected chi connectivity index (χ2v) is 6.82. The standard InChI is InChI=1S/C19H24FN5O2/c1-13-3-4-15(20)16(9-13)27-12-19(26)25-8-6-14(10-25)24(2)11-18-22-7-5-17(21)23-18/h3-5,7,9,14H,6,8,10-12H2,1-2H3,(H2,21,22,23). The first-order valence-corrected chi connectivity index (χ1v) is 8.86. The number of ether oxygens (including phenoxy) is 1. The van der Waals surface area contributed by atoms with Crippen LogP contribution in [-0.2, 0) is 11.3 Å². The molecule has 1 atom stereocenters. The second-order valence-electron chi connectivity index (χ2n) is 6.82. The number of halogens is 1. The van der Waals surface area contributed by atoms with Crippen molar-refractivity contribution in [2.75, 3.05) is 32.5 Å². The summed E-state index contributed by atoms with van der Waals surface area (Å²) >= 11 is 0. The molecule has 1 fully saturated rings. The van der Waals surface area contributed by atoms with Gasteiger partial charge in [-0.25, -0.2) is 14.4 Å². The molecule has 1 aliphatic rings. The van der Waals surface area contributed by atoms with Gasteiger partial charge >= 0.3 is 0 Å². The predicted octanol–water partition coefficient (Wildman–Crippen LogP) is 1.62. The molecule has 27 heavy (non-hydrogen) atoms. The predicted molar refractivity (Wildman–Crippen MR) is 99.5 cm³/mol. The van der Waals surface area contributed by atoms with Crippen LogP contribution in [0.3, 0.4) is 0 Å². The number of rotatable bonds is 6. The molecule has 2 aromatic rings. The van der Waals surface area contributed by atoms with Crippen LogP contribution in [0.25, 0.3) is 0 Å². The van der Waals surface area contributed by atoms with Crippen LogP contribution in [-0.4, -0.2) is 58.5 Å². The molecule has 2 N–H and O–H groups in total. The Kier molecular flexibility index (Phi) is 5.85.